The molecule has 61 heavy (non-hydrogen) atoms. The van der Waals surface area contributed by atoms with E-state index in [-0.39, 0.29) is 50.6 Å². The first-order valence-corrected chi connectivity index (χ1v) is 21.5. The van der Waals surface area contributed by atoms with Crippen LogP contribution in [0.15, 0.2) is 30.3 Å². The molecule has 0 aromatic heterocycles. The van der Waals surface area contributed by atoms with Gasteiger partial charge >= 0.3 is 29.8 Å². The van der Waals surface area contributed by atoms with Crippen LogP contribution in [0.4, 0.5) is 0 Å². The highest BCUT2D eigenvalue weighted by atomic mass is 16.6. The predicted octanol–water partition coefficient (Wildman–Crippen LogP) is 3.29. The number of amides is 3. The van der Waals surface area contributed by atoms with Crippen molar-refractivity contribution in [1.29, 1.82) is 0 Å². The number of carboxylic acids is 1. The van der Waals surface area contributed by atoms with E-state index in [9.17, 15) is 43.5 Å². The Morgan fingerprint density at radius 1 is 0.738 bits per heavy atom. The SMILES string of the molecule is CC[C@H](C)[C@H](NC)C(=O)O[C@H](C)C(=O)N1CCCC[C@H]1C(=O)O[C@H](C)C(=O)N(C)[C@@H](CC(C)C)C(=O)O[C@H](Cc1ccccc1)C(=O)N1CCCC[C@H]1C(=O)O[C@H](C)C(=O)O. The lowest BCUT2D eigenvalue weighted by Gasteiger charge is -2.37. The first-order chi connectivity index (χ1) is 28.8. The van der Waals surface area contributed by atoms with Crippen LogP contribution in [-0.2, 0) is 63.7 Å². The van der Waals surface area contributed by atoms with Crippen molar-refractivity contribution >= 4 is 47.6 Å². The number of carbonyl (C=O) groups is 8. The van der Waals surface area contributed by atoms with Gasteiger partial charge in [-0.05, 0) is 90.2 Å². The van der Waals surface area contributed by atoms with Gasteiger partial charge in [-0.1, -0.05) is 64.4 Å². The van der Waals surface area contributed by atoms with E-state index in [1.807, 2.05) is 27.7 Å². The molecule has 2 fully saturated rings. The zero-order chi connectivity index (χ0) is 45.6. The van der Waals surface area contributed by atoms with E-state index in [0.717, 1.165) is 4.90 Å². The van der Waals surface area contributed by atoms with Crippen LogP contribution in [0.25, 0.3) is 0 Å². The molecule has 0 unspecified atom stereocenters. The largest absolute Gasteiger partial charge is 0.479 e. The molecule has 9 atom stereocenters. The van der Waals surface area contributed by atoms with Crippen LogP contribution in [0.5, 0.6) is 0 Å². The molecule has 2 aliphatic heterocycles. The third-order valence-electron chi connectivity index (χ3n) is 11.4. The molecule has 17 nitrogen and oxygen atoms in total. The zero-order valence-electron chi connectivity index (χ0n) is 37.1. The highest BCUT2D eigenvalue weighted by Crippen LogP contribution is 2.25. The fourth-order valence-corrected chi connectivity index (χ4v) is 7.60. The molecule has 0 spiro atoms. The second-order valence-electron chi connectivity index (χ2n) is 16.5. The molecule has 0 bridgehead atoms. The summed E-state index contributed by atoms with van der Waals surface area (Å²) in [5.74, 6) is -6.66. The van der Waals surface area contributed by atoms with Gasteiger partial charge in [0.15, 0.2) is 24.4 Å². The number of rotatable bonds is 20. The van der Waals surface area contributed by atoms with Crippen molar-refractivity contribution in [1.82, 2.24) is 20.0 Å². The van der Waals surface area contributed by atoms with Crippen LogP contribution in [0.1, 0.15) is 105 Å². The van der Waals surface area contributed by atoms with Crippen LogP contribution >= 0.6 is 0 Å². The molecule has 0 aliphatic carbocycles. The number of hydrogen-bond acceptors (Lipinski definition) is 13. The molecule has 1 aromatic carbocycles. The van der Waals surface area contributed by atoms with Gasteiger partial charge in [0.25, 0.3) is 17.7 Å². The van der Waals surface area contributed by atoms with Crippen LogP contribution in [0.3, 0.4) is 0 Å². The average molecular weight is 859 g/mol. The highest BCUT2D eigenvalue weighted by molar-refractivity contribution is 5.93. The van der Waals surface area contributed by atoms with Gasteiger partial charge < -0.3 is 44.1 Å². The average Bonchev–Trinajstić information content (AvgIpc) is 3.24. The van der Waals surface area contributed by atoms with Gasteiger partial charge in [0.05, 0.1) is 0 Å². The second kappa shape index (κ2) is 23.8. The number of benzene rings is 1. The number of piperidine rings is 2. The summed E-state index contributed by atoms with van der Waals surface area (Å²) in [5, 5.41) is 12.2. The van der Waals surface area contributed by atoms with E-state index in [0.29, 0.717) is 37.7 Å². The highest BCUT2D eigenvalue weighted by Gasteiger charge is 2.42. The smallest absolute Gasteiger partial charge is 0.344 e. The molecule has 2 N–H and O–H groups in total. The van der Waals surface area contributed by atoms with Gasteiger partial charge in [0, 0.05) is 26.6 Å². The van der Waals surface area contributed by atoms with Crippen LogP contribution in [-0.4, -0.2) is 143 Å². The lowest BCUT2D eigenvalue weighted by Crippen LogP contribution is -2.55. The fourth-order valence-electron chi connectivity index (χ4n) is 7.60. The summed E-state index contributed by atoms with van der Waals surface area (Å²) in [4.78, 5) is 111. The number of esters is 4. The quantitative estimate of drug-likeness (QED) is 0.142. The number of aliphatic carboxylic acids is 1. The van der Waals surface area contributed by atoms with Crippen LogP contribution in [0, 0.1) is 11.8 Å². The first kappa shape index (κ1) is 50.3. The Balaban J connectivity index is 1.80. The molecular formula is C44H66N4O13. The van der Waals surface area contributed by atoms with Crippen LogP contribution in [0.2, 0.25) is 0 Å². The van der Waals surface area contributed by atoms with Gasteiger partial charge in [-0.3, -0.25) is 19.2 Å². The van der Waals surface area contributed by atoms with Gasteiger partial charge in [-0.2, -0.15) is 0 Å². The summed E-state index contributed by atoms with van der Waals surface area (Å²) in [6.45, 7) is 11.9. The summed E-state index contributed by atoms with van der Waals surface area (Å²) >= 11 is 0. The van der Waals surface area contributed by atoms with Gasteiger partial charge in [0.1, 0.15) is 24.2 Å². The van der Waals surface area contributed by atoms with Crippen molar-refractivity contribution in [2.45, 2.75) is 155 Å². The topological polar surface area (TPSA) is 215 Å². The minimum Gasteiger partial charge on any atom is -0.479 e. The lowest BCUT2D eigenvalue weighted by atomic mass is 9.99. The molecule has 0 radical (unpaired) electrons. The van der Waals surface area contributed by atoms with Crippen molar-refractivity contribution in [3.05, 3.63) is 35.9 Å². The fraction of sp³-hybridized carbons (Fsp3) is 0.682. The normalized spacial score (nSPS) is 20.2. The van der Waals surface area contributed by atoms with E-state index in [1.165, 1.54) is 37.6 Å². The Labute approximate surface area is 359 Å². The van der Waals surface area contributed by atoms with E-state index in [4.69, 9.17) is 18.9 Å². The monoisotopic (exact) mass is 858 g/mol. The van der Waals surface area contributed by atoms with E-state index < -0.39 is 96.2 Å². The summed E-state index contributed by atoms with van der Waals surface area (Å²) < 4.78 is 22.3. The number of carbonyl (C=O) groups excluding carboxylic acids is 7. The molecule has 340 valence electrons. The molecule has 17 heteroatoms. The maximum Gasteiger partial charge on any atom is 0.344 e. The lowest BCUT2D eigenvalue weighted by molar-refractivity contribution is -0.176. The summed E-state index contributed by atoms with van der Waals surface area (Å²) in [6.07, 6.45) is -1.82. The Hall–Kier alpha value is -5.06. The van der Waals surface area contributed by atoms with Crippen LogP contribution < -0.4 is 5.32 Å². The van der Waals surface area contributed by atoms with Gasteiger partial charge in [0.2, 0.25) is 0 Å². The molecule has 1 aromatic rings. The number of likely N-dealkylation sites (tertiary alicyclic amines) is 2. The molecular weight excluding hydrogens is 792 g/mol. The summed E-state index contributed by atoms with van der Waals surface area (Å²) in [7, 11) is 3.01. The first-order valence-electron chi connectivity index (χ1n) is 21.5. The standard InChI is InChI=1S/C44H66N4O13/c1-10-27(4)36(45-8)44(57)59-29(6)38(50)47-22-16-14-20-32(47)41(54)58-28(5)37(49)46(9)34(24-26(2)3)43(56)61-35(25-31-18-12-11-13-19-31)39(51)48-23-17-15-21-33(48)42(55)60-30(7)40(52)53/h11-13,18-19,26-30,32-36,45H,10,14-17,20-25H2,1-9H3,(H,52,53)/t27-,28+,29+,30+,32-,33-,34-,35+,36-/m0/s1. The number of hydrogen-bond donors (Lipinski definition) is 2. The van der Waals surface area contributed by atoms with E-state index in [2.05, 4.69) is 5.32 Å². The maximum absolute atomic E-state index is 14.3. The van der Waals surface area contributed by atoms with E-state index >= 15 is 0 Å². The molecule has 3 rings (SSSR count). The summed E-state index contributed by atoms with van der Waals surface area (Å²) in [5.41, 5.74) is 0.658. The molecule has 2 heterocycles. The number of ether oxygens (including phenoxy) is 4. The Morgan fingerprint density at radius 3 is 1.79 bits per heavy atom. The third kappa shape index (κ3) is 14.0. The Bertz CT molecular complexity index is 1690. The molecule has 3 amide bonds. The minimum atomic E-state index is -1.44. The predicted molar refractivity (Wildman–Crippen MR) is 221 cm³/mol. The van der Waals surface area contributed by atoms with Crippen molar-refractivity contribution in [2.75, 3.05) is 27.2 Å². The van der Waals surface area contributed by atoms with Gasteiger partial charge in [-0.15, -0.1) is 0 Å². The summed E-state index contributed by atoms with van der Waals surface area (Å²) in [6, 6.07) is 4.83. The number of carboxylic acid groups (broad SMARTS) is 1. The van der Waals surface area contributed by atoms with Gasteiger partial charge in [-0.25, -0.2) is 19.2 Å². The number of likely N-dealkylation sites (N-methyl/N-ethyl adjacent to an activating group) is 2. The van der Waals surface area contributed by atoms with E-state index in [1.54, 1.807) is 37.4 Å². The third-order valence-corrected chi connectivity index (χ3v) is 11.4. The van der Waals surface area contributed by atoms with Crippen molar-refractivity contribution in [2.24, 2.45) is 11.8 Å². The van der Waals surface area contributed by atoms with Crippen molar-refractivity contribution in [3.63, 3.8) is 0 Å². The van der Waals surface area contributed by atoms with Crippen molar-refractivity contribution in [3.8, 4) is 0 Å². The molecule has 2 saturated heterocycles. The zero-order valence-corrected chi connectivity index (χ0v) is 37.1. The maximum atomic E-state index is 14.3. The van der Waals surface area contributed by atoms with Crippen molar-refractivity contribution < 1.29 is 62.4 Å². The number of nitrogens with one attached hydrogen (secondary N) is 1. The minimum absolute atomic E-state index is 0.0446. The molecule has 2 aliphatic rings. The Morgan fingerprint density at radius 2 is 1.28 bits per heavy atom. The second-order valence-corrected chi connectivity index (χ2v) is 16.5. The molecule has 0 saturated carbocycles. The number of nitrogens with zero attached hydrogens (tertiary/aromatic N) is 3. The Kier molecular flexibility index (Phi) is 19.6.